The van der Waals surface area contributed by atoms with E-state index >= 15 is 0 Å². The summed E-state index contributed by atoms with van der Waals surface area (Å²) in [5.74, 6) is -10.9. The molecule has 4 rings (SSSR count). The van der Waals surface area contributed by atoms with Gasteiger partial charge in [-0.1, -0.05) is 0 Å². The summed E-state index contributed by atoms with van der Waals surface area (Å²) in [6.45, 7) is 0.809. The molecule has 4 fully saturated rings. The molecular formula is C44H69N13O16. The Kier molecular flexibility index (Phi) is 22.1. The molecule has 0 aromatic rings. The Morgan fingerprint density at radius 3 is 1.62 bits per heavy atom. The third-order valence-electron chi connectivity index (χ3n) is 13.2. The van der Waals surface area contributed by atoms with Gasteiger partial charge < -0.3 is 83.8 Å². The summed E-state index contributed by atoms with van der Waals surface area (Å²) in [6.07, 6.45) is 1.01. The van der Waals surface area contributed by atoms with Crippen LogP contribution in [0.3, 0.4) is 0 Å². The van der Waals surface area contributed by atoms with Gasteiger partial charge >= 0.3 is 17.9 Å². The molecule has 0 radical (unpaired) electrons. The lowest BCUT2D eigenvalue weighted by atomic mass is 10.1. The van der Waals surface area contributed by atoms with E-state index in [1.165, 1.54) is 26.5 Å². The molecule has 4 heterocycles. The van der Waals surface area contributed by atoms with Crippen LogP contribution >= 0.6 is 0 Å². The number of hydrogen-bond donors (Lipinski definition) is 12. The first-order valence-electron chi connectivity index (χ1n) is 24.3. The van der Waals surface area contributed by atoms with Crippen molar-refractivity contribution in [2.45, 2.75) is 151 Å². The van der Waals surface area contributed by atoms with Crippen LogP contribution in [0, 0.1) is 0 Å². The molecule has 15 N–H and O–H groups in total. The van der Waals surface area contributed by atoms with E-state index in [9.17, 15) is 72.9 Å². The summed E-state index contributed by atoms with van der Waals surface area (Å²) >= 11 is 0. The number of nitrogens with zero attached hydrogens (tertiary/aromatic N) is 5. The van der Waals surface area contributed by atoms with Crippen LogP contribution in [-0.4, -0.2) is 217 Å². The second-order valence-electron chi connectivity index (χ2n) is 18.4. The summed E-state index contributed by atoms with van der Waals surface area (Å²) in [4.78, 5) is 164. The van der Waals surface area contributed by atoms with Gasteiger partial charge in [0.2, 0.25) is 53.2 Å². The van der Waals surface area contributed by atoms with Gasteiger partial charge in [0, 0.05) is 45.6 Å². The normalized spacial score (nSPS) is 21.5. The van der Waals surface area contributed by atoms with Gasteiger partial charge in [0.25, 0.3) is 0 Å². The van der Waals surface area contributed by atoms with Gasteiger partial charge in [-0.05, 0) is 84.0 Å². The molecule has 0 bridgehead atoms. The van der Waals surface area contributed by atoms with Gasteiger partial charge in [0.1, 0.15) is 48.3 Å². The van der Waals surface area contributed by atoms with E-state index < -0.39 is 164 Å². The minimum atomic E-state index is -1.67. The third-order valence-corrected chi connectivity index (χ3v) is 13.2. The fourth-order valence-corrected chi connectivity index (χ4v) is 9.35. The maximum absolute atomic E-state index is 14.1. The third kappa shape index (κ3) is 16.4. The van der Waals surface area contributed by atoms with Crippen molar-refractivity contribution >= 4 is 77.0 Å². The van der Waals surface area contributed by atoms with Crippen molar-refractivity contribution in [2.24, 2.45) is 22.2 Å². The molecule has 0 aromatic carbocycles. The smallest absolute Gasteiger partial charge is 0.326 e. The van der Waals surface area contributed by atoms with Crippen molar-refractivity contribution in [3.63, 3.8) is 0 Å². The summed E-state index contributed by atoms with van der Waals surface area (Å²) in [6, 6.07) is -11.2. The molecule has 73 heavy (non-hydrogen) atoms. The zero-order valence-corrected chi connectivity index (χ0v) is 40.7. The Morgan fingerprint density at radius 1 is 0.589 bits per heavy atom. The number of hydrogen-bond acceptors (Lipinski definition) is 15. The number of aliphatic carboxylic acids is 3. The highest BCUT2D eigenvalue weighted by atomic mass is 16.4. The number of aliphatic imine (C=N–C) groups is 1. The maximum Gasteiger partial charge on any atom is 0.326 e. The van der Waals surface area contributed by atoms with Gasteiger partial charge in [-0.2, -0.15) is 0 Å². The van der Waals surface area contributed by atoms with Crippen molar-refractivity contribution in [3.8, 4) is 0 Å². The number of nitrogens with two attached hydrogens (primary N) is 3. The van der Waals surface area contributed by atoms with Crippen LogP contribution in [0.4, 0.5) is 0 Å². The number of carbonyl (C=O) groups excluding carboxylic acids is 9. The Hall–Kier alpha value is -7.17. The predicted octanol–water partition coefficient (Wildman–Crippen LogP) is -5.79. The number of likely N-dealkylation sites (tertiary alicyclic amines) is 4. The Morgan fingerprint density at radius 2 is 1.07 bits per heavy atom. The minimum absolute atomic E-state index is 0.0720. The fraction of sp³-hybridized carbons (Fsp3) is 0.705. The lowest BCUT2D eigenvalue weighted by molar-refractivity contribution is -0.148. The van der Waals surface area contributed by atoms with E-state index in [-0.39, 0.29) is 57.8 Å². The molecule has 9 atom stereocenters. The second kappa shape index (κ2) is 27.6. The number of nitrogens with one attached hydrogen (secondary N) is 5. The summed E-state index contributed by atoms with van der Waals surface area (Å²) in [5.41, 5.74) is 16.8. The number of rotatable bonds is 26. The summed E-state index contributed by atoms with van der Waals surface area (Å²) in [7, 11) is 0. The summed E-state index contributed by atoms with van der Waals surface area (Å²) in [5, 5.41) is 49.9. The molecule has 0 aromatic heterocycles. The molecule has 406 valence electrons. The summed E-state index contributed by atoms with van der Waals surface area (Å²) < 4.78 is 0. The molecular weight excluding hydrogens is 967 g/mol. The molecule has 0 unspecified atom stereocenters. The molecule has 9 amide bonds. The fourth-order valence-electron chi connectivity index (χ4n) is 9.35. The van der Waals surface area contributed by atoms with Gasteiger partial charge in [0.15, 0.2) is 5.96 Å². The molecule has 4 saturated heterocycles. The second-order valence-corrected chi connectivity index (χ2v) is 18.4. The van der Waals surface area contributed by atoms with Gasteiger partial charge in [-0.15, -0.1) is 0 Å². The van der Waals surface area contributed by atoms with Crippen LogP contribution in [-0.2, 0) is 57.5 Å². The van der Waals surface area contributed by atoms with Crippen molar-refractivity contribution in [1.29, 1.82) is 0 Å². The highest BCUT2D eigenvalue weighted by Crippen LogP contribution is 2.26. The maximum atomic E-state index is 14.1. The van der Waals surface area contributed by atoms with E-state index in [4.69, 9.17) is 22.3 Å². The van der Waals surface area contributed by atoms with Gasteiger partial charge in [0.05, 0.1) is 19.2 Å². The van der Waals surface area contributed by atoms with Crippen molar-refractivity contribution in [2.75, 3.05) is 45.9 Å². The van der Waals surface area contributed by atoms with Crippen LogP contribution in [0.25, 0.3) is 0 Å². The molecule has 4 aliphatic heterocycles. The number of carboxylic acids is 3. The standard InChI is InChI=1S/C44H69N13O16/c1-23(40(69)57-20-6-11-31(57)42(71)56-19-5-10-30(56)39(68)51-25(12-14-33(60)61)35(64)52-26(43(72)73)13-15-34(62)63)50-36(65)27(22-58)53-38(67)29-9-3-17-54(29)32(59)21-49-37(66)28-8-4-18-55(28)41(70)24(45)7-2-16-48-44(46)47/h23-31,58H,2-22,45H2,1H3,(H,49,66)(H,50,65)(H,51,68)(H,52,64)(H,53,67)(H,60,61)(H,62,63)(H,72,73)(H4,46,47,48)/t23-,24-,25-,26-,27-,28-,29-,30-,31-/m0/s1. The lowest BCUT2D eigenvalue weighted by Crippen LogP contribution is -2.59. The van der Waals surface area contributed by atoms with Gasteiger partial charge in [-0.3, -0.25) is 57.7 Å². The van der Waals surface area contributed by atoms with Crippen LogP contribution in [0.1, 0.15) is 96.8 Å². The zero-order valence-electron chi connectivity index (χ0n) is 40.7. The number of carboxylic acid groups (broad SMARTS) is 3. The van der Waals surface area contributed by atoms with E-state index in [2.05, 4.69) is 31.6 Å². The van der Waals surface area contributed by atoms with E-state index in [1.807, 2.05) is 0 Å². The quantitative estimate of drug-likeness (QED) is 0.0218. The van der Waals surface area contributed by atoms with E-state index in [0.717, 1.165) is 0 Å². The highest BCUT2D eigenvalue weighted by molar-refractivity contribution is 5.98. The van der Waals surface area contributed by atoms with Crippen LogP contribution in [0.5, 0.6) is 0 Å². The largest absolute Gasteiger partial charge is 0.481 e. The number of aliphatic hydroxyl groups is 1. The zero-order chi connectivity index (χ0) is 54.1. The molecule has 4 aliphatic rings. The molecule has 0 saturated carbocycles. The first-order valence-corrected chi connectivity index (χ1v) is 24.3. The van der Waals surface area contributed by atoms with Gasteiger partial charge in [-0.25, -0.2) is 4.79 Å². The Balaban J connectivity index is 1.31. The predicted molar refractivity (Wildman–Crippen MR) is 252 cm³/mol. The average molecular weight is 1040 g/mol. The van der Waals surface area contributed by atoms with Crippen molar-refractivity contribution < 1.29 is 78.0 Å². The van der Waals surface area contributed by atoms with Crippen molar-refractivity contribution in [3.05, 3.63) is 0 Å². The monoisotopic (exact) mass is 1040 g/mol. The molecule has 0 spiro atoms. The number of aliphatic hydroxyl groups excluding tert-OH is 1. The number of amides is 9. The Bertz CT molecular complexity index is 2120. The van der Waals surface area contributed by atoms with Crippen LogP contribution in [0.15, 0.2) is 4.99 Å². The topological polar surface area (TPSA) is 449 Å². The molecule has 0 aliphatic carbocycles. The number of carbonyl (C=O) groups is 12. The SMILES string of the molecule is C[C@H](NC(=O)[C@H](CO)NC(=O)[C@@H]1CCCN1C(=O)CNC(=O)[C@@H]1CCCN1C(=O)[C@@H](N)CCCN=C(N)N)C(=O)N1CCC[C@H]1C(=O)N1CCC[C@H]1C(=O)N[C@@H](CCC(=O)O)C(=O)N[C@@H](CCC(=O)O)C(=O)O. The van der Waals surface area contributed by atoms with E-state index in [1.54, 1.807) is 0 Å². The number of guanidine groups is 1. The van der Waals surface area contributed by atoms with Crippen LogP contribution in [0.2, 0.25) is 0 Å². The minimum Gasteiger partial charge on any atom is -0.481 e. The first kappa shape index (κ1) is 58.4. The van der Waals surface area contributed by atoms with Crippen molar-refractivity contribution in [1.82, 2.24) is 46.2 Å². The molecule has 29 heteroatoms. The van der Waals surface area contributed by atoms with E-state index in [0.29, 0.717) is 45.1 Å². The average Bonchev–Trinajstić information content (AvgIpc) is 4.20. The van der Waals surface area contributed by atoms with Crippen LogP contribution < -0.4 is 43.8 Å². The first-order chi connectivity index (χ1) is 34.5. The molecule has 29 nitrogen and oxygen atoms in total. The lowest BCUT2D eigenvalue weighted by Gasteiger charge is -2.33. The Labute approximate surface area is 419 Å². The highest BCUT2D eigenvalue weighted by Gasteiger charge is 2.45.